The summed E-state index contributed by atoms with van der Waals surface area (Å²) in [4.78, 5) is 0. The fraction of sp³-hybridized carbons (Fsp3) is 0.786. The largest absolute Gasteiger partial charge is 0.393 e. The molecule has 0 radical (unpaired) electrons. The van der Waals surface area contributed by atoms with Crippen molar-refractivity contribution in [3.05, 3.63) is 35.5 Å². The molecule has 0 amide bonds. The van der Waals surface area contributed by atoms with Crippen molar-refractivity contribution in [3.63, 3.8) is 0 Å². The van der Waals surface area contributed by atoms with E-state index in [4.69, 9.17) is 0 Å². The molecule has 0 aromatic heterocycles. The van der Waals surface area contributed by atoms with Crippen molar-refractivity contribution in [1.29, 1.82) is 0 Å². The zero-order valence-corrected chi connectivity index (χ0v) is 19.7. The van der Waals surface area contributed by atoms with Gasteiger partial charge in [-0.15, -0.1) is 0 Å². The van der Waals surface area contributed by atoms with Crippen LogP contribution < -0.4 is 0 Å². The van der Waals surface area contributed by atoms with Crippen LogP contribution >= 0.6 is 0 Å². The van der Waals surface area contributed by atoms with Gasteiger partial charge in [-0.25, -0.2) is 0 Å². The van der Waals surface area contributed by atoms with Crippen LogP contribution in [0.3, 0.4) is 0 Å². The van der Waals surface area contributed by atoms with Crippen LogP contribution in [0.4, 0.5) is 0 Å². The predicted molar refractivity (Wildman–Crippen MR) is 123 cm³/mol. The molecular weight excluding hydrogens is 352 g/mol. The lowest BCUT2D eigenvalue weighted by Gasteiger charge is -2.53. The zero-order valence-electron chi connectivity index (χ0n) is 19.7. The average molecular weight is 397 g/mol. The van der Waals surface area contributed by atoms with Crippen molar-refractivity contribution >= 4 is 0 Å². The highest BCUT2D eigenvalue weighted by Crippen LogP contribution is 2.64. The highest BCUT2D eigenvalue weighted by Gasteiger charge is 2.54. The van der Waals surface area contributed by atoms with E-state index in [-0.39, 0.29) is 6.10 Å². The molecule has 8 unspecified atom stereocenters. The second-order valence-corrected chi connectivity index (χ2v) is 11.8. The number of hydrogen-bond donors (Lipinski definition) is 1. The van der Waals surface area contributed by atoms with E-state index in [1.165, 1.54) is 32.1 Å². The Kier molecular flexibility index (Phi) is 5.69. The second-order valence-electron chi connectivity index (χ2n) is 11.8. The average Bonchev–Trinajstić information content (AvgIpc) is 3.03. The maximum Gasteiger partial charge on any atom is 0.0546 e. The summed E-state index contributed by atoms with van der Waals surface area (Å²) in [5.74, 6) is 4.17. The number of aliphatic hydroxyl groups is 1. The highest BCUT2D eigenvalue weighted by molar-refractivity contribution is 5.42. The molecule has 162 valence electrons. The Morgan fingerprint density at radius 3 is 2.52 bits per heavy atom. The van der Waals surface area contributed by atoms with Gasteiger partial charge in [0.2, 0.25) is 0 Å². The van der Waals surface area contributed by atoms with Crippen molar-refractivity contribution in [3.8, 4) is 0 Å². The Balaban J connectivity index is 1.57. The van der Waals surface area contributed by atoms with Gasteiger partial charge in [0.25, 0.3) is 0 Å². The van der Waals surface area contributed by atoms with Gasteiger partial charge < -0.3 is 5.11 Å². The van der Waals surface area contributed by atoms with Gasteiger partial charge in [-0.3, -0.25) is 0 Å². The molecular formula is C28H44O. The van der Waals surface area contributed by atoms with Crippen molar-refractivity contribution < 1.29 is 5.11 Å². The third-order valence-corrected chi connectivity index (χ3v) is 9.99. The van der Waals surface area contributed by atoms with E-state index in [0.717, 1.165) is 30.6 Å². The molecule has 1 N–H and O–H groups in total. The van der Waals surface area contributed by atoms with Crippen LogP contribution in [0, 0.1) is 46.3 Å². The van der Waals surface area contributed by atoms with Crippen LogP contribution in [0.1, 0.15) is 86.5 Å². The first kappa shape index (κ1) is 21.4. The Bertz CT molecular complexity index is 712. The Labute approximate surface area is 179 Å². The van der Waals surface area contributed by atoms with Crippen LogP contribution in [0.5, 0.6) is 0 Å². The summed E-state index contributed by atoms with van der Waals surface area (Å²) in [6.45, 7) is 14.6. The summed E-state index contributed by atoms with van der Waals surface area (Å²) in [6.07, 6.45) is 18.4. The number of rotatable bonds is 4. The number of allylic oxidation sites excluding steroid dienone is 6. The first-order valence-corrected chi connectivity index (χ1v) is 12.4. The molecule has 0 spiro atoms. The first-order chi connectivity index (χ1) is 13.7. The summed E-state index contributed by atoms with van der Waals surface area (Å²) in [6, 6.07) is 0. The third-order valence-electron chi connectivity index (χ3n) is 9.99. The Hall–Kier alpha value is -0.820. The molecule has 2 fully saturated rings. The van der Waals surface area contributed by atoms with E-state index in [0.29, 0.717) is 28.6 Å². The van der Waals surface area contributed by atoms with Gasteiger partial charge in [-0.1, -0.05) is 71.4 Å². The maximum atomic E-state index is 10.2. The highest BCUT2D eigenvalue weighted by atomic mass is 16.3. The van der Waals surface area contributed by atoms with Gasteiger partial charge in [0.15, 0.2) is 0 Å². The second kappa shape index (κ2) is 7.70. The van der Waals surface area contributed by atoms with Crippen molar-refractivity contribution in [2.45, 2.75) is 92.6 Å². The fourth-order valence-corrected chi connectivity index (χ4v) is 7.49. The zero-order chi connectivity index (χ0) is 21.0. The standard InChI is InChI=1S/C28H44O/c1-18(2)19(3)7-8-20(4)24-11-12-25-23-10-9-21-17-22(29)13-15-27(21,5)26(23)14-16-28(24,25)6/h7-10,18-22,24-25,29H,11-17H2,1-6H3. The summed E-state index contributed by atoms with van der Waals surface area (Å²) in [7, 11) is 0. The first-order valence-electron chi connectivity index (χ1n) is 12.4. The van der Waals surface area contributed by atoms with Crippen LogP contribution in [0.25, 0.3) is 0 Å². The fourth-order valence-electron chi connectivity index (χ4n) is 7.49. The maximum absolute atomic E-state index is 10.2. The molecule has 0 saturated heterocycles. The monoisotopic (exact) mass is 396 g/mol. The van der Waals surface area contributed by atoms with E-state index >= 15 is 0 Å². The summed E-state index contributed by atoms with van der Waals surface area (Å²) >= 11 is 0. The molecule has 0 bridgehead atoms. The van der Waals surface area contributed by atoms with E-state index in [2.05, 4.69) is 65.8 Å². The minimum absolute atomic E-state index is 0.0922. The van der Waals surface area contributed by atoms with Gasteiger partial charge in [-0.05, 0) is 96.9 Å². The molecule has 0 aliphatic heterocycles. The SMILES string of the molecule is CC(C)C(C)C=CC(C)C1CCC2C3=C(CCC21C)C1(C)CCC(O)CC1C=C3. The lowest BCUT2D eigenvalue weighted by atomic mass is 9.52. The minimum Gasteiger partial charge on any atom is -0.393 e. The number of fused-ring (bicyclic) bond motifs is 4. The molecule has 1 heteroatoms. The Morgan fingerprint density at radius 1 is 1.03 bits per heavy atom. The van der Waals surface area contributed by atoms with Crippen LogP contribution in [-0.4, -0.2) is 11.2 Å². The van der Waals surface area contributed by atoms with Crippen LogP contribution in [-0.2, 0) is 0 Å². The van der Waals surface area contributed by atoms with Gasteiger partial charge in [0.1, 0.15) is 0 Å². The quantitative estimate of drug-likeness (QED) is 0.493. The van der Waals surface area contributed by atoms with Gasteiger partial charge in [-0.2, -0.15) is 0 Å². The third kappa shape index (κ3) is 3.50. The lowest BCUT2D eigenvalue weighted by molar-refractivity contribution is 0.0443. The Morgan fingerprint density at radius 2 is 1.79 bits per heavy atom. The topological polar surface area (TPSA) is 20.2 Å². The minimum atomic E-state index is -0.0922. The smallest absolute Gasteiger partial charge is 0.0546 e. The molecule has 0 aromatic carbocycles. The van der Waals surface area contributed by atoms with E-state index in [1.807, 2.05) is 0 Å². The van der Waals surface area contributed by atoms with Gasteiger partial charge in [0, 0.05) is 0 Å². The molecule has 4 aliphatic rings. The van der Waals surface area contributed by atoms with Crippen LogP contribution in [0.2, 0.25) is 0 Å². The normalized spacial score (nSPS) is 44.0. The molecule has 0 aromatic rings. The van der Waals surface area contributed by atoms with E-state index < -0.39 is 0 Å². The van der Waals surface area contributed by atoms with Crippen molar-refractivity contribution in [1.82, 2.24) is 0 Å². The molecule has 8 atom stereocenters. The van der Waals surface area contributed by atoms with Crippen molar-refractivity contribution in [2.24, 2.45) is 46.3 Å². The molecule has 2 saturated carbocycles. The van der Waals surface area contributed by atoms with Gasteiger partial charge in [0.05, 0.1) is 6.10 Å². The predicted octanol–water partition coefficient (Wildman–Crippen LogP) is 7.33. The summed E-state index contributed by atoms with van der Waals surface area (Å²) in [5.41, 5.74) is 4.24. The molecule has 4 rings (SSSR count). The van der Waals surface area contributed by atoms with E-state index in [9.17, 15) is 5.11 Å². The molecule has 4 aliphatic carbocycles. The molecule has 0 heterocycles. The number of aliphatic hydroxyl groups excluding tert-OH is 1. The van der Waals surface area contributed by atoms with Crippen LogP contribution in [0.15, 0.2) is 35.5 Å². The lowest BCUT2D eigenvalue weighted by Crippen LogP contribution is -2.44. The number of hydrogen-bond acceptors (Lipinski definition) is 1. The van der Waals surface area contributed by atoms with Crippen molar-refractivity contribution in [2.75, 3.05) is 0 Å². The van der Waals surface area contributed by atoms with Gasteiger partial charge >= 0.3 is 0 Å². The molecule has 29 heavy (non-hydrogen) atoms. The summed E-state index contributed by atoms with van der Waals surface area (Å²) < 4.78 is 0. The molecule has 1 nitrogen and oxygen atoms in total. The summed E-state index contributed by atoms with van der Waals surface area (Å²) in [5, 5.41) is 10.2. The van der Waals surface area contributed by atoms with E-state index in [1.54, 1.807) is 11.1 Å².